The van der Waals surface area contributed by atoms with Crippen LogP contribution in [0.1, 0.15) is 33.9 Å². The molecule has 2 aromatic heterocycles. The van der Waals surface area contributed by atoms with Gasteiger partial charge >= 0.3 is 0 Å². The van der Waals surface area contributed by atoms with Gasteiger partial charge in [-0.25, -0.2) is 0 Å². The average Bonchev–Trinajstić information content (AvgIpc) is 3.08. The van der Waals surface area contributed by atoms with Crippen molar-refractivity contribution in [2.45, 2.75) is 33.0 Å². The van der Waals surface area contributed by atoms with Gasteiger partial charge in [0.1, 0.15) is 5.75 Å². The molecule has 2 N–H and O–H groups in total. The van der Waals surface area contributed by atoms with E-state index < -0.39 is 0 Å². The Morgan fingerprint density at radius 2 is 2.18 bits per heavy atom. The Kier molecular flexibility index (Phi) is 5.96. The highest BCUT2D eigenvalue weighted by molar-refractivity contribution is 6.08. The van der Waals surface area contributed by atoms with Crippen LogP contribution < -0.4 is 15.4 Å². The van der Waals surface area contributed by atoms with Crippen LogP contribution in [0.5, 0.6) is 5.75 Å². The van der Waals surface area contributed by atoms with Crippen molar-refractivity contribution in [1.29, 1.82) is 0 Å². The third kappa shape index (κ3) is 3.59. The zero-order valence-electron chi connectivity index (χ0n) is 16.4. The molecule has 1 amide bonds. The molecule has 0 aliphatic carbocycles. The second-order valence-electron chi connectivity index (χ2n) is 6.97. The topological polar surface area (TPSA) is 73.1 Å². The highest BCUT2D eigenvalue weighted by Crippen LogP contribution is 2.28. The monoisotopic (exact) mass is 403 g/mol. The smallest absolute Gasteiger partial charge is 0.254 e. The summed E-state index contributed by atoms with van der Waals surface area (Å²) in [5.74, 6) is 0.653. The molecule has 1 aliphatic heterocycles. The second-order valence-corrected chi connectivity index (χ2v) is 6.97. The van der Waals surface area contributed by atoms with Gasteiger partial charge in [-0.1, -0.05) is 0 Å². The van der Waals surface area contributed by atoms with E-state index in [1.807, 2.05) is 41.4 Å². The number of ether oxygens (including phenoxy) is 1. The highest BCUT2D eigenvalue weighted by atomic mass is 35.5. The summed E-state index contributed by atoms with van der Waals surface area (Å²) in [5.41, 5.74) is 4.69. The Morgan fingerprint density at radius 3 is 2.96 bits per heavy atom. The molecule has 0 radical (unpaired) electrons. The van der Waals surface area contributed by atoms with E-state index in [2.05, 4.69) is 21.8 Å². The molecule has 0 spiro atoms. The van der Waals surface area contributed by atoms with Gasteiger partial charge in [0, 0.05) is 36.7 Å². The molecular formula is C20H26ClN5O2. The third-order valence-corrected chi connectivity index (χ3v) is 5.30. The van der Waals surface area contributed by atoms with Gasteiger partial charge in [-0.05, 0) is 44.2 Å². The van der Waals surface area contributed by atoms with E-state index in [-0.39, 0.29) is 18.3 Å². The maximum Gasteiger partial charge on any atom is 0.254 e. The number of nitrogens with zero attached hydrogens (tertiary/aromatic N) is 3. The van der Waals surface area contributed by atoms with Crippen LogP contribution in [0.4, 0.5) is 0 Å². The highest BCUT2D eigenvalue weighted by Gasteiger charge is 2.19. The number of benzene rings is 1. The Morgan fingerprint density at radius 1 is 1.36 bits per heavy atom. The first-order valence-electron chi connectivity index (χ1n) is 9.26. The van der Waals surface area contributed by atoms with Crippen molar-refractivity contribution < 1.29 is 9.53 Å². The van der Waals surface area contributed by atoms with Crippen LogP contribution in [0.2, 0.25) is 0 Å². The maximum atomic E-state index is 13.0. The van der Waals surface area contributed by atoms with Gasteiger partial charge in [-0.15, -0.1) is 12.4 Å². The number of halogens is 1. The summed E-state index contributed by atoms with van der Waals surface area (Å²) >= 11 is 0. The lowest BCUT2D eigenvalue weighted by Crippen LogP contribution is -2.24. The summed E-state index contributed by atoms with van der Waals surface area (Å²) < 4.78 is 9.41. The SMILES string of the molecule is COc1ccc2c(c1)c(C(=O)NCc1cc3n(n1)CCCNC3)c(C)n2C.Cl. The molecule has 8 heteroatoms. The summed E-state index contributed by atoms with van der Waals surface area (Å²) in [4.78, 5) is 13.0. The number of aromatic nitrogens is 3. The lowest BCUT2D eigenvalue weighted by Gasteiger charge is -2.05. The largest absolute Gasteiger partial charge is 0.497 e. The van der Waals surface area contributed by atoms with Crippen molar-refractivity contribution in [2.75, 3.05) is 13.7 Å². The molecule has 7 nitrogen and oxygen atoms in total. The van der Waals surface area contributed by atoms with E-state index in [9.17, 15) is 4.79 Å². The number of nitrogens with one attached hydrogen (secondary N) is 2. The predicted molar refractivity (Wildman–Crippen MR) is 111 cm³/mol. The van der Waals surface area contributed by atoms with Crippen LogP contribution in [0.25, 0.3) is 10.9 Å². The fourth-order valence-corrected chi connectivity index (χ4v) is 3.73. The van der Waals surface area contributed by atoms with E-state index in [0.29, 0.717) is 12.1 Å². The van der Waals surface area contributed by atoms with Crippen LogP contribution in [-0.4, -0.2) is 33.9 Å². The molecule has 4 rings (SSSR count). The fourth-order valence-electron chi connectivity index (χ4n) is 3.73. The molecule has 0 saturated heterocycles. The molecule has 1 aliphatic rings. The van der Waals surface area contributed by atoms with Gasteiger partial charge < -0.3 is 19.9 Å². The van der Waals surface area contributed by atoms with Gasteiger partial charge in [-0.3, -0.25) is 9.48 Å². The van der Waals surface area contributed by atoms with Crippen LogP contribution in [0, 0.1) is 6.92 Å². The van der Waals surface area contributed by atoms with Crippen LogP contribution in [-0.2, 0) is 26.7 Å². The number of fused-ring (bicyclic) bond motifs is 2. The van der Waals surface area contributed by atoms with E-state index in [4.69, 9.17) is 4.74 Å². The van der Waals surface area contributed by atoms with Gasteiger partial charge in [0.2, 0.25) is 0 Å². The predicted octanol–water partition coefficient (Wildman–Crippen LogP) is 2.54. The minimum absolute atomic E-state index is 0. The molecule has 1 aromatic carbocycles. The van der Waals surface area contributed by atoms with Crippen molar-refractivity contribution >= 4 is 29.2 Å². The summed E-state index contributed by atoms with van der Waals surface area (Å²) in [6.07, 6.45) is 1.07. The number of methoxy groups -OCH3 is 1. The number of rotatable bonds is 4. The standard InChI is InChI=1S/C20H25N5O2.ClH/c1-13-19(17-10-16(27-3)5-6-18(17)24(13)2)20(26)22-11-14-9-15-12-21-7-4-8-25(15)23-14;/h5-6,9-10,21H,4,7-8,11-12H2,1-3H3,(H,22,26);1H. The summed E-state index contributed by atoms with van der Waals surface area (Å²) in [6.45, 7) is 5.13. The molecule has 150 valence electrons. The molecule has 3 heterocycles. The zero-order valence-corrected chi connectivity index (χ0v) is 17.2. The fraction of sp³-hybridized carbons (Fsp3) is 0.400. The lowest BCUT2D eigenvalue weighted by atomic mass is 10.1. The van der Waals surface area contributed by atoms with Crippen molar-refractivity contribution in [1.82, 2.24) is 25.0 Å². The molecular weight excluding hydrogens is 378 g/mol. The summed E-state index contributed by atoms with van der Waals surface area (Å²) in [6, 6.07) is 7.88. The van der Waals surface area contributed by atoms with Gasteiger partial charge in [0.25, 0.3) is 5.91 Å². The third-order valence-electron chi connectivity index (χ3n) is 5.30. The quantitative estimate of drug-likeness (QED) is 0.702. The first-order valence-corrected chi connectivity index (χ1v) is 9.26. The Bertz CT molecular complexity index is 984. The van der Waals surface area contributed by atoms with Crippen LogP contribution in [0.3, 0.4) is 0 Å². The molecule has 28 heavy (non-hydrogen) atoms. The minimum Gasteiger partial charge on any atom is -0.497 e. The van der Waals surface area contributed by atoms with E-state index in [1.165, 1.54) is 5.69 Å². The molecule has 0 unspecified atom stereocenters. The normalized spacial score (nSPS) is 13.5. The van der Waals surface area contributed by atoms with Crippen LogP contribution >= 0.6 is 12.4 Å². The molecule has 0 saturated carbocycles. The number of carbonyl (C=O) groups is 1. The van der Waals surface area contributed by atoms with Crippen molar-refractivity contribution in [3.63, 3.8) is 0 Å². The Hall–Kier alpha value is -2.51. The molecule has 0 bridgehead atoms. The Balaban J connectivity index is 0.00000225. The van der Waals surface area contributed by atoms with E-state index in [0.717, 1.165) is 54.1 Å². The van der Waals surface area contributed by atoms with Gasteiger partial charge in [0.15, 0.2) is 0 Å². The molecule has 0 atom stereocenters. The first-order chi connectivity index (χ1) is 13.1. The molecule has 0 fully saturated rings. The zero-order chi connectivity index (χ0) is 19.0. The minimum atomic E-state index is -0.0901. The number of carbonyl (C=O) groups excluding carboxylic acids is 1. The van der Waals surface area contributed by atoms with Gasteiger partial charge in [-0.2, -0.15) is 5.10 Å². The second kappa shape index (κ2) is 8.24. The first kappa shape index (κ1) is 20.2. The summed E-state index contributed by atoms with van der Waals surface area (Å²) in [7, 11) is 3.61. The van der Waals surface area contributed by atoms with Crippen molar-refractivity contribution in [2.24, 2.45) is 7.05 Å². The Labute approximate surface area is 170 Å². The van der Waals surface area contributed by atoms with Gasteiger partial charge in [0.05, 0.1) is 30.6 Å². The van der Waals surface area contributed by atoms with E-state index >= 15 is 0 Å². The van der Waals surface area contributed by atoms with Crippen molar-refractivity contribution in [3.8, 4) is 5.75 Å². The number of aryl methyl sites for hydroxylation is 2. The van der Waals surface area contributed by atoms with Crippen LogP contribution in [0.15, 0.2) is 24.3 Å². The average molecular weight is 404 g/mol. The number of hydrogen-bond acceptors (Lipinski definition) is 4. The number of hydrogen-bond donors (Lipinski definition) is 2. The van der Waals surface area contributed by atoms with E-state index in [1.54, 1.807) is 7.11 Å². The van der Waals surface area contributed by atoms with Crippen molar-refractivity contribution in [3.05, 3.63) is 46.9 Å². The number of amides is 1. The lowest BCUT2D eigenvalue weighted by molar-refractivity contribution is 0.0951. The maximum absolute atomic E-state index is 13.0. The molecule has 3 aromatic rings. The summed E-state index contributed by atoms with van der Waals surface area (Å²) in [5, 5.41) is 12.0.